The minimum Gasteiger partial charge on any atom is -0.369 e. The molecule has 1 atom stereocenters. The fourth-order valence-electron chi connectivity index (χ4n) is 2.11. The molecule has 0 aliphatic heterocycles. The highest BCUT2D eigenvalue weighted by atomic mass is 79.9. The van der Waals surface area contributed by atoms with Crippen molar-refractivity contribution in [3.63, 3.8) is 0 Å². The zero-order chi connectivity index (χ0) is 14.7. The number of halogens is 2. The smallest absolute Gasteiger partial charge is 0.0520 e. The van der Waals surface area contributed by atoms with Gasteiger partial charge in [0.15, 0.2) is 0 Å². The Morgan fingerprint density at radius 2 is 2.05 bits per heavy atom. The number of rotatable bonds is 5. The van der Waals surface area contributed by atoms with Crippen LogP contribution >= 0.6 is 43.2 Å². The van der Waals surface area contributed by atoms with E-state index in [4.69, 9.17) is 5.73 Å². The number of nitrogens with zero attached hydrogens (tertiary/aromatic N) is 1. The van der Waals surface area contributed by atoms with Crippen molar-refractivity contribution in [3.8, 4) is 0 Å². The molecule has 20 heavy (non-hydrogen) atoms. The molecule has 0 radical (unpaired) electrons. The van der Waals surface area contributed by atoms with E-state index in [0.29, 0.717) is 0 Å². The SMILES string of the molecule is CC(N)Cc1ccc(N(C)Cc2cc(Br)cs2)c(Br)c1. The first-order valence-electron chi connectivity index (χ1n) is 6.43. The molecule has 0 aliphatic rings. The van der Waals surface area contributed by atoms with Gasteiger partial charge in [0.25, 0.3) is 0 Å². The van der Waals surface area contributed by atoms with Gasteiger partial charge < -0.3 is 10.6 Å². The number of nitrogens with two attached hydrogens (primary N) is 1. The van der Waals surface area contributed by atoms with E-state index in [0.717, 1.165) is 21.9 Å². The summed E-state index contributed by atoms with van der Waals surface area (Å²) in [5.74, 6) is 0. The molecule has 0 bridgehead atoms. The molecule has 1 aromatic heterocycles. The lowest BCUT2D eigenvalue weighted by atomic mass is 10.1. The van der Waals surface area contributed by atoms with Gasteiger partial charge in [-0.2, -0.15) is 0 Å². The molecule has 1 unspecified atom stereocenters. The van der Waals surface area contributed by atoms with Crippen LogP contribution in [0.3, 0.4) is 0 Å². The maximum absolute atomic E-state index is 5.85. The van der Waals surface area contributed by atoms with Crippen molar-refractivity contribution in [2.24, 2.45) is 5.73 Å². The Hall–Kier alpha value is -0.360. The molecule has 2 aromatic rings. The van der Waals surface area contributed by atoms with Crippen molar-refractivity contribution in [2.45, 2.75) is 25.9 Å². The Labute approximate surface area is 141 Å². The third-order valence-electron chi connectivity index (χ3n) is 3.00. The maximum Gasteiger partial charge on any atom is 0.0520 e. The second-order valence-corrected chi connectivity index (χ2v) is 7.82. The first kappa shape index (κ1) is 16.0. The van der Waals surface area contributed by atoms with Crippen LogP contribution in [-0.2, 0) is 13.0 Å². The van der Waals surface area contributed by atoms with Gasteiger partial charge in [-0.3, -0.25) is 0 Å². The highest BCUT2D eigenvalue weighted by molar-refractivity contribution is 9.10. The summed E-state index contributed by atoms with van der Waals surface area (Å²) in [5.41, 5.74) is 8.31. The molecule has 2 rings (SSSR count). The lowest BCUT2D eigenvalue weighted by Gasteiger charge is -2.21. The molecule has 0 amide bonds. The van der Waals surface area contributed by atoms with E-state index in [1.807, 2.05) is 6.92 Å². The zero-order valence-corrected chi connectivity index (χ0v) is 15.6. The van der Waals surface area contributed by atoms with Crippen molar-refractivity contribution < 1.29 is 0 Å². The van der Waals surface area contributed by atoms with Crippen molar-refractivity contribution in [3.05, 3.63) is 49.0 Å². The molecule has 2 nitrogen and oxygen atoms in total. The van der Waals surface area contributed by atoms with E-state index in [1.54, 1.807) is 11.3 Å². The van der Waals surface area contributed by atoms with Gasteiger partial charge in [-0.15, -0.1) is 11.3 Å². The topological polar surface area (TPSA) is 29.3 Å². The van der Waals surface area contributed by atoms with E-state index >= 15 is 0 Å². The van der Waals surface area contributed by atoms with Gasteiger partial charge in [0, 0.05) is 32.3 Å². The monoisotopic (exact) mass is 416 g/mol. The number of thiophene rings is 1. The third kappa shape index (κ3) is 4.32. The van der Waals surface area contributed by atoms with Crippen molar-refractivity contribution in [1.82, 2.24) is 0 Å². The predicted octanol–water partition coefficient (Wildman–Crippen LogP) is 4.80. The van der Waals surface area contributed by atoms with Crippen LogP contribution in [0.4, 0.5) is 5.69 Å². The lowest BCUT2D eigenvalue weighted by Crippen LogP contribution is -2.18. The van der Waals surface area contributed by atoms with E-state index in [1.165, 1.54) is 16.1 Å². The molecule has 1 aromatic carbocycles. The zero-order valence-electron chi connectivity index (χ0n) is 11.6. The lowest BCUT2D eigenvalue weighted by molar-refractivity contribution is 0.737. The quantitative estimate of drug-likeness (QED) is 0.756. The maximum atomic E-state index is 5.85. The summed E-state index contributed by atoms with van der Waals surface area (Å²) in [6.45, 7) is 2.93. The van der Waals surface area contributed by atoms with Gasteiger partial charge in [-0.05, 0) is 69.0 Å². The molecule has 0 fully saturated rings. The normalized spacial score (nSPS) is 12.4. The second kappa shape index (κ2) is 7.07. The summed E-state index contributed by atoms with van der Waals surface area (Å²) < 4.78 is 2.27. The summed E-state index contributed by atoms with van der Waals surface area (Å²) >= 11 is 8.93. The molecule has 0 spiro atoms. The Bertz CT molecular complexity index is 581. The summed E-state index contributed by atoms with van der Waals surface area (Å²) in [6, 6.07) is 8.84. The van der Waals surface area contributed by atoms with Gasteiger partial charge in [-0.1, -0.05) is 6.07 Å². The van der Waals surface area contributed by atoms with Crippen LogP contribution in [0, 0.1) is 0 Å². The van der Waals surface area contributed by atoms with Crippen molar-refractivity contribution in [1.29, 1.82) is 0 Å². The summed E-state index contributed by atoms with van der Waals surface area (Å²) in [7, 11) is 2.11. The van der Waals surface area contributed by atoms with Gasteiger partial charge in [0.05, 0.1) is 12.2 Å². The third-order valence-corrected chi connectivity index (χ3v) is 5.31. The Kier molecular flexibility index (Phi) is 5.66. The minimum atomic E-state index is 0.189. The molecule has 0 saturated heterocycles. The Balaban J connectivity index is 2.11. The van der Waals surface area contributed by atoms with Crippen LogP contribution in [0.1, 0.15) is 17.4 Å². The first-order valence-corrected chi connectivity index (χ1v) is 8.90. The number of benzene rings is 1. The van der Waals surface area contributed by atoms with Crippen molar-refractivity contribution in [2.75, 3.05) is 11.9 Å². The molecule has 5 heteroatoms. The van der Waals surface area contributed by atoms with E-state index < -0.39 is 0 Å². The van der Waals surface area contributed by atoms with Crippen LogP contribution in [0.2, 0.25) is 0 Å². The van der Waals surface area contributed by atoms with E-state index in [2.05, 4.69) is 73.5 Å². The minimum absolute atomic E-state index is 0.189. The molecule has 0 aliphatic carbocycles. The Morgan fingerprint density at radius 3 is 2.60 bits per heavy atom. The molecule has 2 N–H and O–H groups in total. The number of anilines is 1. The van der Waals surface area contributed by atoms with Gasteiger partial charge in [0.2, 0.25) is 0 Å². The first-order chi connectivity index (χ1) is 9.45. The summed E-state index contributed by atoms with van der Waals surface area (Å²) in [6.07, 6.45) is 0.903. The largest absolute Gasteiger partial charge is 0.369 e. The summed E-state index contributed by atoms with van der Waals surface area (Å²) in [4.78, 5) is 3.59. The van der Waals surface area contributed by atoms with E-state index in [-0.39, 0.29) is 6.04 Å². The number of hydrogen-bond acceptors (Lipinski definition) is 3. The van der Waals surface area contributed by atoms with Gasteiger partial charge in [0.1, 0.15) is 0 Å². The molecular formula is C15H18Br2N2S. The van der Waals surface area contributed by atoms with E-state index in [9.17, 15) is 0 Å². The Morgan fingerprint density at radius 1 is 1.30 bits per heavy atom. The van der Waals surface area contributed by atoms with Crippen LogP contribution in [0.15, 0.2) is 38.6 Å². The average molecular weight is 418 g/mol. The van der Waals surface area contributed by atoms with Crippen LogP contribution in [0.5, 0.6) is 0 Å². The average Bonchev–Trinajstić information content (AvgIpc) is 2.73. The van der Waals surface area contributed by atoms with Gasteiger partial charge >= 0.3 is 0 Å². The van der Waals surface area contributed by atoms with Crippen LogP contribution < -0.4 is 10.6 Å². The van der Waals surface area contributed by atoms with Gasteiger partial charge in [-0.25, -0.2) is 0 Å². The fraction of sp³-hybridized carbons (Fsp3) is 0.333. The van der Waals surface area contributed by atoms with Crippen LogP contribution in [0.25, 0.3) is 0 Å². The molecule has 0 saturated carbocycles. The summed E-state index contributed by atoms with van der Waals surface area (Å²) in [5, 5.41) is 2.12. The second-order valence-electron chi connectivity index (χ2n) is 5.05. The predicted molar refractivity (Wildman–Crippen MR) is 95.6 cm³/mol. The highest BCUT2D eigenvalue weighted by Gasteiger charge is 2.09. The van der Waals surface area contributed by atoms with Crippen molar-refractivity contribution >= 4 is 48.9 Å². The molecular weight excluding hydrogens is 400 g/mol. The highest BCUT2D eigenvalue weighted by Crippen LogP contribution is 2.29. The molecule has 1 heterocycles. The van der Waals surface area contributed by atoms with Crippen LogP contribution in [-0.4, -0.2) is 13.1 Å². The fourth-order valence-corrected chi connectivity index (χ4v) is 4.35. The molecule has 108 valence electrons. The standard InChI is InChI=1S/C15H18Br2N2S/c1-10(18)5-11-3-4-15(14(17)6-11)19(2)8-13-7-12(16)9-20-13/h3-4,6-7,9-10H,5,8,18H2,1-2H3. The number of hydrogen-bond donors (Lipinski definition) is 1.